The van der Waals surface area contributed by atoms with Gasteiger partial charge in [-0.05, 0) is 44.9 Å². The van der Waals surface area contributed by atoms with E-state index in [-0.39, 0.29) is 24.7 Å². The smallest absolute Gasteiger partial charge is 0.321 e. The van der Waals surface area contributed by atoms with E-state index in [4.69, 9.17) is 14.2 Å². The van der Waals surface area contributed by atoms with Crippen LogP contribution in [0.5, 0.6) is 11.5 Å². The van der Waals surface area contributed by atoms with Crippen molar-refractivity contribution < 1.29 is 32.9 Å². The van der Waals surface area contributed by atoms with E-state index in [9.17, 15) is 14.0 Å². The molecule has 1 aromatic rings. The fraction of sp³-hybridized carbons (Fsp3) is 0.500. The van der Waals surface area contributed by atoms with Crippen molar-refractivity contribution in [2.45, 2.75) is 32.8 Å². The minimum Gasteiger partial charge on any atom is -0.468 e. The molecule has 6 nitrogen and oxygen atoms in total. The molecule has 0 saturated carbocycles. The van der Waals surface area contributed by atoms with Crippen molar-refractivity contribution in [3.8, 4) is 11.5 Å². The van der Waals surface area contributed by atoms with Crippen LogP contribution in [0.3, 0.4) is 0 Å². The molecule has 1 aromatic carbocycles. The van der Waals surface area contributed by atoms with E-state index in [2.05, 4.69) is 4.74 Å². The number of methoxy groups -OCH3 is 1. The molecule has 1 heterocycles. The molecule has 1 aliphatic rings. The summed E-state index contributed by atoms with van der Waals surface area (Å²) < 4.78 is 33.9. The third-order valence-corrected chi connectivity index (χ3v) is 3.10. The number of esters is 2. The van der Waals surface area contributed by atoms with Gasteiger partial charge in [0.1, 0.15) is 5.60 Å². The second kappa shape index (κ2) is 6.44. The van der Waals surface area contributed by atoms with Gasteiger partial charge in [0.05, 0.1) is 7.11 Å². The van der Waals surface area contributed by atoms with E-state index in [1.807, 2.05) is 0 Å². The summed E-state index contributed by atoms with van der Waals surface area (Å²) in [5.41, 5.74) is -0.336. The van der Waals surface area contributed by atoms with Crippen molar-refractivity contribution in [1.82, 2.24) is 0 Å². The monoisotopic (exact) mass is 326 g/mol. The Balaban J connectivity index is 2.23. The minimum atomic E-state index is -1.18. The number of rotatable bonds is 4. The van der Waals surface area contributed by atoms with Gasteiger partial charge in [-0.15, -0.1) is 0 Å². The molecule has 0 amide bonds. The van der Waals surface area contributed by atoms with Crippen LogP contribution in [-0.2, 0) is 25.5 Å². The average molecular weight is 326 g/mol. The van der Waals surface area contributed by atoms with Crippen molar-refractivity contribution >= 4 is 11.9 Å². The summed E-state index contributed by atoms with van der Waals surface area (Å²) in [6.45, 7) is 5.01. The molecule has 0 saturated heterocycles. The first kappa shape index (κ1) is 17.1. The molecule has 126 valence electrons. The highest BCUT2D eigenvalue weighted by molar-refractivity contribution is 5.95. The molecule has 0 radical (unpaired) electrons. The van der Waals surface area contributed by atoms with Crippen LogP contribution in [0.4, 0.5) is 4.39 Å². The molecular formula is C16H19FO6. The highest BCUT2D eigenvalue weighted by atomic mass is 19.1. The average Bonchev–Trinajstić information content (AvgIpc) is 2.91. The number of carbonyl (C=O) groups is 2. The quantitative estimate of drug-likeness (QED) is 0.624. The second-order valence-electron chi connectivity index (χ2n) is 6.12. The number of hydrogen-bond acceptors (Lipinski definition) is 6. The lowest BCUT2D eigenvalue weighted by Gasteiger charge is -2.23. The Morgan fingerprint density at radius 1 is 1.26 bits per heavy atom. The molecular weight excluding hydrogens is 307 g/mol. The predicted molar refractivity (Wildman–Crippen MR) is 77.6 cm³/mol. The van der Waals surface area contributed by atoms with Gasteiger partial charge in [0.15, 0.2) is 17.5 Å². The van der Waals surface area contributed by atoms with Gasteiger partial charge >= 0.3 is 11.9 Å². The first-order chi connectivity index (χ1) is 10.7. The van der Waals surface area contributed by atoms with Crippen LogP contribution in [-0.4, -0.2) is 31.4 Å². The molecule has 23 heavy (non-hydrogen) atoms. The fourth-order valence-corrected chi connectivity index (χ4v) is 2.15. The van der Waals surface area contributed by atoms with Crippen molar-refractivity contribution in [3.05, 3.63) is 23.5 Å². The topological polar surface area (TPSA) is 71.1 Å². The van der Waals surface area contributed by atoms with E-state index >= 15 is 0 Å². The van der Waals surface area contributed by atoms with Crippen LogP contribution in [0.1, 0.15) is 26.3 Å². The normalized spacial score (nSPS) is 14.3. The third kappa shape index (κ3) is 4.12. The Morgan fingerprint density at radius 3 is 2.57 bits per heavy atom. The zero-order valence-corrected chi connectivity index (χ0v) is 13.5. The fourth-order valence-electron chi connectivity index (χ4n) is 2.15. The van der Waals surface area contributed by atoms with Gasteiger partial charge < -0.3 is 18.9 Å². The standard InChI is InChI=1S/C16H19FO6/c1-16(2,3)23-15(19)10(14(18)20-4)5-9-6-11(17)13-12(7-9)21-8-22-13/h6-7,10H,5,8H2,1-4H3/t10-/m0/s1. The summed E-state index contributed by atoms with van der Waals surface area (Å²) in [7, 11) is 1.18. The number of hydrogen-bond donors (Lipinski definition) is 0. The van der Waals surface area contributed by atoms with Gasteiger partial charge in [-0.1, -0.05) is 0 Å². The lowest BCUT2D eigenvalue weighted by molar-refractivity contribution is -0.168. The zero-order valence-electron chi connectivity index (χ0n) is 13.5. The van der Waals surface area contributed by atoms with Crippen LogP contribution in [0.2, 0.25) is 0 Å². The molecule has 7 heteroatoms. The molecule has 0 N–H and O–H groups in total. The Kier molecular flexibility index (Phi) is 4.77. The maximum Gasteiger partial charge on any atom is 0.321 e. The number of benzene rings is 1. The summed E-state index contributed by atoms with van der Waals surface area (Å²) >= 11 is 0. The molecule has 1 aliphatic heterocycles. The van der Waals surface area contributed by atoms with Gasteiger partial charge in [-0.3, -0.25) is 9.59 Å². The van der Waals surface area contributed by atoms with Crippen LogP contribution >= 0.6 is 0 Å². The Morgan fingerprint density at radius 2 is 1.96 bits per heavy atom. The molecule has 0 aliphatic carbocycles. The van der Waals surface area contributed by atoms with Crippen LogP contribution in [0.15, 0.2) is 12.1 Å². The minimum absolute atomic E-state index is 0.0284. The molecule has 0 bridgehead atoms. The van der Waals surface area contributed by atoms with E-state index in [1.165, 1.54) is 19.2 Å². The Bertz CT molecular complexity index is 620. The van der Waals surface area contributed by atoms with Gasteiger partial charge in [0.2, 0.25) is 12.5 Å². The van der Waals surface area contributed by atoms with Crippen molar-refractivity contribution in [2.24, 2.45) is 5.92 Å². The second-order valence-corrected chi connectivity index (χ2v) is 6.12. The lowest BCUT2D eigenvalue weighted by Crippen LogP contribution is -2.34. The van der Waals surface area contributed by atoms with Crippen molar-refractivity contribution in [2.75, 3.05) is 13.9 Å². The van der Waals surface area contributed by atoms with E-state index < -0.39 is 29.3 Å². The number of ether oxygens (including phenoxy) is 4. The Hall–Kier alpha value is -2.31. The summed E-state index contributed by atoms with van der Waals surface area (Å²) in [6.07, 6.45) is -0.0604. The van der Waals surface area contributed by atoms with Crippen LogP contribution in [0, 0.1) is 11.7 Å². The number of carbonyl (C=O) groups excluding carboxylic acids is 2. The summed E-state index contributed by atoms with van der Waals surface area (Å²) in [5, 5.41) is 0. The first-order valence-electron chi connectivity index (χ1n) is 7.10. The van der Waals surface area contributed by atoms with Gasteiger partial charge in [-0.25, -0.2) is 4.39 Å². The van der Waals surface area contributed by atoms with E-state index in [0.29, 0.717) is 5.56 Å². The van der Waals surface area contributed by atoms with Crippen LogP contribution in [0.25, 0.3) is 0 Å². The predicted octanol–water partition coefficient (Wildman–Crippen LogP) is 2.23. The maximum absolute atomic E-state index is 13.9. The van der Waals surface area contributed by atoms with Crippen LogP contribution < -0.4 is 9.47 Å². The van der Waals surface area contributed by atoms with Gasteiger partial charge in [0.25, 0.3) is 0 Å². The van der Waals surface area contributed by atoms with E-state index in [0.717, 1.165) is 0 Å². The largest absolute Gasteiger partial charge is 0.468 e. The third-order valence-electron chi connectivity index (χ3n) is 3.10. The number of halogens is 1. The molecule has 0 unspecified atom stereocenters. The van der Waals surface area contributed by atoms with Gasteiger partial charge in [-0.2, -0.15) is 0 Å². The number of fused-ring (bicyclic) bond motifs is 1. The molecule has 0 fully saturated rings. The zero-order chi connectivity index (χ0) is 17.2. The van der Waals surface area contributed by atoms with Crippen molar-refractivity contribution in [3.63, 3.8) is 0 Å². The summed E-state index contributed by atoms with van der Waals surface area (Å²) in [6, 6.07) is 2.74. The SMILES string of the molecule is COC(=O)[C@H](Cc1cc(F)c2c(c1)OCO2)C(=O)OC(C)(C)C. The molecule has 0 spiro atoms. The van der Waals surface area contributed by atoms with Crippen molar-refractivity contribution in [1.29, 1.82) is 0 Å². The van der Waals surface area contributed by atoms with Gasteiger partial charge in [0, 0.05) is 0 Å². The van der Waals surface area contributed by atoms with E-state index in [1.54, 1.807) is 20.8 Å². The highest BCUT2D eigenvalue weighted by Crippen LogP contribution is 2.36. The molecule has 2 rings (SSSR count). The summed E-state index contributed by atoms with van der Waals surface area (Å²) in [5.74, 6) is -2.98. The lowest BCUT2D eigenvalue weighted by atomic mass is 9.98. The first-order valence-corrected chi connectivity index (χ1v) is 7.10. The highest BCUT2D eigenvalue weighted by Gasteiger charge is 2.33. The summed E-state index contributed by atoms with van der Waals surface area (Å²) in [4.78, 5) is 24.1. The Labute approximate surface area is 133 Å². The molecule has 1 atom stereocenters. The maximum atomic E-state index is 13.9. The molecule has 0 aromatic heterocycles.